The highest BCUT2D eigenvalue weighted by molar-refractivity contribution is 9.10. The summed E-state index contributed by atoms with van der Waals surface area (Å²) in [5.41, 5.74) is 3.26. The first-order chi connectivity index (χ1) is 11.0. The van der Waals surface area contributed by atoms with E-state index >= 15 is 0 Å². The molecule has 7 heteroatoms. The van der Waals surface area contributed by atoms with Crippen molar-refractivity contribution in [1.29, 1.82) is 0 Å². The van der Waals surface area contributed by atoms with Crippen LogP contribution in [0.15, 0.2) is 16.7 Å². The molecule has 0 saturated carbocycles. The molecule has 0 N–H and O–H groups in total. The molecule has 0 spiro atoms. The zero-order chi connectivity index (χ0) is 16.6. The fourth-order valence-corrected chi connectivity index (χ4v) is 3.57. The molecule has 23 heavy (non-hydrogen) atoms. The molecule has 122 valence electrons. The number of carbonyl (C=O) groups is 2. The van der Waals surface area contributed by atoms with Crippen molar-refractivity contribution >= 4 is 33.9 Å². The molecule has 2 aromatic rings. The fourth-order valence-electron chi connectivity index (χ4n) is 2.93. The monoisotopic (exact) mass is 378 g/mol. The Balaban J connectivity index is 2.01. The Labute approximate surface area is 143 Å². The number of imidazole rings is 1. The van der Waals surface area contributed by atoms with Crippen LogP contribution in [-0.4, -0.2) is 57.7 Å². The molecule has 0 aliphatic carbocycles. The second kappa shape index (κ2) is 6.31. The number of piperazine rings is 1. The lowest BCUT2D eigenvalue weighted by Crippen LogP contribution is -2.48. The Bertz CT molecular complexity index is 763. The minimum absolute atomic E-state index is 0.0163. The number of aryl methyl sites for hydroxylation is 2. The minimum atomic E-state index is -0.0163. The highest BCUT2D eigenvalue weighted by atomic mass is 79.9. The number of carbonyl (C=O) groups excluding carboxylic acids is 2. The molecule has 3 heterocycles. The smallest absolute Gasteiger partial charge is 0.272 e. The van der Waals surface area contributed by atoms with Crippen molar-refractivity contribution in [3.63, 3.8) is 0 Å². The molecule has 6 nitrogen and oxygen atoms in total. The van der Waals surface area contributed by atoms with Crippen molar-refractivity contribution in [2.24, 2.45) is 0 Å². The van der Waals surface area contributed by atoms with Gasteiger partial charge in [0.25, 0.3) is 5.91 Å². The van der Waals surface area contributed by atoms with Crippen LogP contribution < -0.4 is 0 Å². The van der Waals surface area contributed by atoms with E-state index in [1.165, 1.54) is 0 Å². The maximum absolute atomic E-state index is 13.0. The van der Waals surface area contributed by atoms with E-state index in [0.717, 1.165) is 27.8 Å². The number of hydrogen-bond donors (Lipinski definition) is 0. The van der Waals surface area contributed by atoms with Gasteiger partial charge >= 0.3 is 0 Å². The summed E-state index contributed by atoms with van der Waals surface area (Å²) in [5, 5.41) is 0. The predicted molar refractivity (Wildman–Crippen MR) is 90.5 cm³/mol. The van der Waals surface area contributed by atoms with Gasteiger partial charge in [-0.2, -0.15) is 0 Å². The molecule has 3 rings (SSSR count). The molecular formula is C16H19BrN4O2. The van der Waals surface area contributed by atoms with Gasteiger partial charge in [-0.3, -0.25) is 14.0 Å². The van der Waals surface area contributed by atoms with E-state index in [-0.39, 0.29) is 5.91 Å². The molecule has 0 unspecified atom stereocenters. The summed E-state index contributed by atoms with van der Waals surface area (Å²) in [4.78, 5) is 32.0. The summed E-state index contributed by atoms with van der Waals surface area (Å²) in [6, 6.07) is 2.00. The van der Waals surface area contributed by atoms with Crippen molar-refractivity contribution < 1.29 is 9.59 Å². The molecule has 1 aliphatic rings. The predicted octanol–water partition coefficient (Wildman–Crippen LogP) is 1.88. The topological polar surface area (TPSA) is 57.9 Å². The molecule has 1 aliphatic heterocycles. The van der Waals surface area contributed by atoms with E-state index in [1.807, 2.05) is 30.5 Å². The van der Waals surface area contributed by atoms with Gasteiger partial charge in [0.15, 0.2) is 5.65 Å². The van der Waals surface area contributed by atoms with Crippen LogP contribution in [0.1, 0.15) is 28.7 Å². The van der Waals surface area contributed by atoms with E-state index in [9.17, 15) is 9.59 Å². The fraction of sp³-hybridized carbons (Fsp3) is 0.438. The van der Waals surface area contributed by atoms with Crippen LogP contribution in [0, 0.1) is 6.92 Å². The number of hydrogen-bond acceptors (Lipinski definition) is 3. The number of amides is 2. The quantitative estimate of drug-likeness (QED) is 0.766. The van der Waals surface area contributed by atoms with Crippen molar-refractivity contribution in [2.45, 2.75) is 20.3 Å². The van der Waals surface area contributed by atoms with Crippen molar-refractivity contribution in [2.75, 3.05) is 26.2 Å². The number of pyridine rings is 1. The van der Waals surface area contributed by atoms with Crippen LogP contribution in [0.3, 0.4) is 0 Å². The first-order valence-corrected chi connectivity index (χ1v) is 8.50. The van der Waals surface area contributed by atoms with E-state index in [2.05, 4.69) is 20.9 Å². The lowest BCUT2D eigenvalue weighted by Gasteiger charge is -2.32. The largest absolute Gasteiger partial charge is 0.342 e. The van der Waals surface area contributed by atoms with Gasteiger partial charge < -0.3 is 9.80 Å². The maximum atomic E-state index is 13.0. The van der Waals surface area contributed by atoms with Gasteiger partial charge in [-0.05, 0) is 40.9 Å². The van der Waals surface area contributed by atoms with E-state index in [1.54, 1.807) is 9.80 Å². The third kappa shape index (κ3) is 2.85. The number of nitrogens with zero attached hydrogens (tertiary/aromatic N) is 4. The Morgan fingerprint density at radius 1 is 1.35 bits per heavy atom. The summed E-state index contributed by atoms with van der Waals surface area (Å²) in [6.07, 6.45) is 3.48. The van der Waals surface area contributed by atoms with Gasteiger partial charge in [0, 0.05) is 32.4 Å². The summed E-state index contributed by atoms with van der Waals surface area (Å²) < 4.78 is 2.77. The second-order valence-corrected chi connectivity index (χ2v) is 6.61. The molecule has 2 aromatic heterocycles. The Morgan fingerprint density at radius 2 is 2.04 bits per heavy atom. The summed E-state index contributed by atoms with van der Waals surface area (Å²) >= 11 is 3.53. The van der Waals surface area contributed by atoms with E-state index in [0.29, 0.717) is 38.3 Å². The van der Waals surface area contributed by atoms with E-state index in [4.69, 9.17) is 0 Å². The van der Waals surface area contributed by atoms with Crippen molar-refractivity contribution in [3.8, 4) is 0 Å². The van der Waals surface area contributed by atoms with Crippen LogP contribution in [0.4, 0.5) is 0 Å². The summed E-state index contributed by atoms with van der Waals surface area (Å²) in [7, 11) is 0. The number of fused-ring (bicyclic) bond motifs is 1. The van der Waals surface area contributed by atoms with Gasteiger partial charge in [0.1, 0.15) is 5.69 Å². The van der Waals surface area contributed by atoms with Crippen molar-refractivity contribution in [3.05, 3.63) is 33.7 Å². The molecule has 0 aromatic carbocycles. The lowest BCUT2D eigenvalue weighted by atomic mass is 10.2. The number of aromatic nitrogens is 2. The highest BCUT2D eigenvalue weighted by Crippen LogP contribution is 2.24. The number of rotatable bonds is 3. The zero-order valence-electron chi connectivity index (χ0n) is 13.3. The third-order valence-electron chi connectivity index (χ3n) is 4.17. The molecule has 1 saturated heterocycles. The van der Waals surface area contributed by atoms with Crippen LogP contribution in [-0.2, 0) is 11.2 Å². The van der Waals surface area contributed by atoms with Crippen LogP contribution in [0.2, 0.25) is 0 Å². The lowest BCUT2D eigenvalue weighted by molar-refractivity contribution is -0.119. The average Bonchev–Trinajstić information content (AvgIpc) is 2.93. The third-order valence-corrected chi connectivity index (χ3v) is 4.76. The van der Waals surface area contributed by atoms with Crippen molar-refractivity contribution in [1.82, 2.24) is 19.2 Å². The molecule has 0 radical (unpaired) electrons. The Hall–Kier alpha value is -1.89. The van der Waals surface area contributed by atoms with Crippen LogP contribution in [0.25, 0.3) is 5.65 Å². The summed E-state index contributed by atoms with van der Waals surface area (Å²) in [5.74, 6) is -0.0163. The minimum Gasteiger partial charge on any atom is -0.342 e. The first-order valence-electron chi connectivity index (χ1n) is 7.70. The summed E-state index contributed by atoms with van der Waals surface area (Å²) in [6.45, 7) is 6.27. The molecule has 0 atom stereocenters. The SMILES string of the molecule is CCc1nc2c(Br)cc(C)cn2c1C(=O)N1CCN(C=O)CC1. The molecule has 0 bridgehead atoms. The van der Waals surface area contributed by atoms with Crippen LogP contribution >= 0.6 is 15.9 Å². The standard InChI is InChI=1S/C16H19BrN4O2/c1-3-13-14(16(23)20-6-4-19(10-22)5-7-20)21-9-11(2)8-12(17)15(21)18-13/h8-10H,3-7H2,1-2H3. The van der Waals surface area contributed by atoms with Gasteiger partial charge in [-0.15, -0.1) is 0 Å². The number of halogens is 1. The average molecular weight is 379 g/mol. The van der Waals surface area contributed by atoms with Crippen LogP contribution in [0.5, 0.6) is 0 Å². The Morgan fingerprint density at radius 3 is 2.65 bits per heavy atom. The first kappa shape index (κ1) is 16.0. The maximum Gasteiger partial charge on any atom is 0.272 e. The Kier molecular flexibility index (Phi) is 4.39. The van der Waals surface area contributed by atoms with Gasteiger partial charge in [0.2, 0.25) is 6.41 Å². The molecule has 2 amide bonds. The van der Waals surface area contributed by atoms with Gasteiger partial charge in [-0.1, -0.05) is 6.92 Å². The van der Waals surface area contributed by atoms with Gasteiger partial charge in [-0.25, -0.2) is 4.98 Å². The zero-order valence-corrected chi connectivity index (χ0v) is 14.8. The molecular weight excluding hydrogens is 360 g/mol. The van der Waals surface area contributed by atoms with Gasteiger partial charge in [0.05, 0.1) is 10.2 Å². The second-order valence-electron chi connectivity index (χ2n) is 5.75. The highest BCUT2D eigenvalue weighted by Gasteiger charge is 2.27. The normalized spacial score (nSPS) is 15.3. The molecule has 1 fully saturated rings. The van der Waals surface area contributed by atoms with E-state index < -0.39 is 0 Å².